The Morgan fingerprint density at radius 1 is 0.763 bits per heavy atom. The van der Waals surface area contributed by atoms with Gasteiger partial charge in [-0.15, -0.1) is 0 Å². The summed E-state index contributed by atoms with van der Waals surface area (Å²) in [6.45, 7) is 5.07. The van der Waals surface area contributed by atoms with Crippen LogP contribution in [0.5, 0.6) is 0 Å². The van der Waals surface area contributed by atoms with E-state index < -0.39 is 35.1 Å². The normalized spacial score (nSPS) is 12.2. The average Bonchev–Trinajstić information content (AvgIpc) is 2.90. The zero-order valence-corrected chi connectivity index (χ0v) is 22.2. The van der Waals surface area contributed by atoms with E-state index in [2.05, 4.69) is 16.0 Å². The van der Waals surface area contributed by atoms with E-state index in [1.807, 2.05) is 91.0 Å². The second kappa shape index (κ2) is 12.9. The van der Waals surface area contributed by atoms with Crippen molar-refractivity contribution in [2.75, 3.05) is 13.8 Å². The lowest BCUT2D eigenvalue weighted by molar-refractivity contribution is -0.129. The summed E-state index contributed by atoms with van der Waals surface area (Å²) < 4.78 is 10.3. The molecule has 1 atom stereocenters. The zero-order chi connectivity index (χ0) is 27.6. The van der Waals surface area contributed by atoms with Crippen LogP contribution >= 0.6 is 0 Å². The number of ether oxygens (including phenoxy) is 2. The molecule has 0 unspecified atom stereocenters. The summed E-state index contributed by atoms with van der Waals surface area (Å²) >= 11 is 0. The van der Waals surface area contributed by atoms with Gasteiger partial charge < -0.3 is 25.4 Å². The van der Waals surface area contributed by atoms with Crippen molar-refractivity contribution >= 4 is 17.9 Å². The third-order valence-electron chi connectivity index (χ3n) is 5.74. The number of amides is 3. The fourth-order valence-corrected chi connectivity index (χ4v) is 4.15. The minimum absolute atomic E-state index is 0.0745. The van der Waals surface area contributed by atoms with Gasteiger partial charge in [-0.2, -0.15) is 0 Å². The molecule has 3 N–H and O–H groups in total. The van der Waals surface area contributed by atoms with Crippen LogP contribution in [0.2, 0.25) is 0 Å². The monoisotopic (exact) mass is 517 g/mol. The van der Waals surface area contributed by atoms with E-state index >= 15 is 0 Å². The van der Waals surface area contributed by atoms with Gasteiger partial charge in [-0.1, -0.05) is 91.0 Å². The number of hydrogen-bond acceptors (Lipinski definition) is 5. The van der Waals surface area contributed by atoms with Crippen LogP contribution in [0.3, 0.4) is 0 Å². The van der Waals surface area contributed by atoms with Crippen LogP contribution in [0, 0.1) is 0 Å². The van der Waals surface area contributed by atoms with Gasteiger partial charge in [0.2, 0.25) is 11.8 Å². The van der Waals surface area contributed by atoms with E-state index in [4.69, 9.17) is 9.47 Å². The molecule has 0 saturated carbocycles. The highest BCUT2D eigenvalue weighted by Gasteiger charge is 2.39. The summed E-state index contributed by atoms with van der Waals surface area (Å²) in [7, 11) is 1.43. The molecule has 0 fully saturated rings. The summed E-state index contributed by atoms with van der Waals surface area (Å²) in [6, 6.07) is 27.7. The third-order valence-corrected chi connectivity index (χ3v) is 5.74. The van der Waals surface area contributed by atoms with Crippen molar-refractivity contribution in [1.82, 2.24) is 16.0 Å². The largest absolute Gasteiger partial charge is 0.444 e. The van der Waals surface area contributed by atoms with Crippen molar-refractivity contribution < 1.29 is 23.9 Å². The van der Waals surface area contributed by atoms with E-state index in [9.17, 15) is 14.4 Å². The van der Waals surface area contributed by atoms with Gasteiger partial charge >= 0.3 is 6.09 Å². The van der Waals surface area contributed by atoms with Crippen LogP contribution in [-0.2, 0) is 24.6 Å². The van der Waals surface area contributed by atoms with Gasteiger partial charge in [-0.25, -0.2) is 4.79 Å². The molecular weight excluding hydrogens is 482 g/mol. The first-order valence-electron chi connectivity index (χ1n) is 12.4. The number of methoxy groups -OCH3 is 1. The molecule has 200 valence electrons. The molecule has 38 heavy (non-hydrogen) atoms. The van der Waals surface area contributed by atoms with Crippen LogP contribution in [0.4, 0.5) is 4.79 Å². The minimum atomic E-state index is -1.19. The zero-order valence-electron chi connectivity index (χ0n) is 22.2. The lowest BCUT2D eigenvalue weighted by atomic mass is 9.77. The molecule has 3 amide bonds. The molecule has 0 aliphatic rings. The Hall–Kier alpha value is -4.17. The Balaban J connectivity index is 2.00. The van der Waals surface area contributed by atoms with E-state index in [0.717, 1.165) is 16.7 Å². The third kappa shape index (κ3) is 7.43. The Morgan fingerprint density at radius 2 is 1.21 bits per heavy atom. The molecule has 0 saturated heterocycles. The van der Waals surface area contributed by atoms with Gasteiger partial charge in [-0.05, 0) is 37.5 Å². The highest BCUT2D eigenvalue weighted by Crippen LogP contribution is 2.36. The number of alkyl carbamates (subject to hydrolysis) is 1. The molecule has 3 aromatic rings. The predicted molar refractivity (Wildman–Crippen MR) is 145 cm³/mol. The van der Waals surface area contributed by atoms with Crippen LogP contribution in [0.25, 0.3) is 0 Å². The number of carbonyl (C=O) groups is 3. The first kappa shape index (κ1) is 28.4. The van der Waals surface area contributed by atoms with Gasteiger partial charge in [0, 0.05) is 7.11 Å². The molecular formula is C30H35N3O5. The molecule has 0 aliphatic carbocycles. The first-order valence-corrected chi connectivity index (χ1v) is 12.4. The SMILES string of the molecule is COCNC(=O)[C@@H](CC(=O)NC(c1ccccc1)(c1ccccc1)c1ccccc1)NC(=O)OC(C)(C)C. The second-order valence-corrected chi connectivity index (χ2v) is 9.77. The number of carbonyl (C=O) groups excluding carboxylic acids is 3. The lowest BCUT2D eigenvalue weighted by Crippen LogP contribution is -2.53. The Bertz CT molecular complexity index is 1100. The maximum Gasteiger partial charge on any atom is 0.408 e. The molecule has 0 aliphatic heterocycles. The number of nitrogens with one attached hydrogen (secondary N) is 3. The fourth-order valence-electron chi connectivity index (χ4n) is 4.15. The molecule has 3 rings (SSSR count). The molecule has 0 aromatic heterocycles. The summed E-state index contributed by atoms with van der Waals surface area (Å²) in [6.07, 6.45) is -1.13. The highest BCUT2D eigenvalue weighted by molar-refractivity contribution is 5.91. The standard InChI is InChI=1S/C30H35N3O5/c1-29(2,3)38-28(36)32-25(27(35)31-21-37-4)20-26(34)33-30(22-14-8-5-9-15-22,23-16-10-6-11-17-23)24-18-12-7-13-19-24/h5-19,25H,20-21H2,1-4H3,(H,31,35)(H,32,36)(H,33,34)/t25-/m1/s1. The van der Waals surface area contributed by atoms with Crippen molar-refractivity contribution in [2.24, 2.45) is 0 Å². The smallest absolute Gasteiger partial charge is 0.408 e. The number of benzene rings is 3. The van der Waals surface area contributed by atoms with Crippen LogP contribution in [-0.4, -0.2) is 43.4 Å². The van der Waals surface area contributed by atoms with Gasteiger partial charge in [0.1, 0.15) is 23.9 Å². The summed E-state index contributed by atoms with van der Waals surface area (Å²) in [5, 5.41) is 8.28. The topological polar surface area (TPSA) is 106 Å². The first-order chi connectivity index (χ1) is 18.2. The predicted octanol–water partition coefficient (Wildman–Crippen LogP) is 4.10. The molecule has 8 heteroatoms. The lowest BCUT2D eigenvalue weighted by Gasteiger charge is -2.37. The molecule has 0 radical (unpaired) electrons. The Morgan fingerprint density at radius 3 is 1.61 bits per heavy atom. The summed E-state index contributed by atoms with van der Waals surface area (Å²) in [5.41, 5.74) is 0.687. The molecule has 0 heterocycles. The van der Waals surface area contributed by atoms with Crippen molar-refractivity contribution in [2.45, 2.75) is 44.4 Å². The highest BCUT2D eigenvalue weighted by atomic mass is 16.6. The second-order valence-electron chi connectivity index (χ2n) is 9.77. The quantitative estimate of drug-likeness (QED) is 0.277. The van der Waals surface area contributed by atoms with Crippen LogP contribution in [0.15, 0.2) is 91.0 Å². The van der Waals surface area contributed by atoms with Gasteiger partial charge in [0.05, 0.1) is 6.42 Å². The summed E-state index contributed by atoms with van der Waals surface area (Å²) in [5.74, 6) is -1.02. The minimum Gasteiger partial charge on any atom is -0.444 e. The van der Waals surface area contributed by atoms with Gasteiger partial charge in [0.15, 0.2) is 0 Å². The van der Waals surface area contributed by atoms with Gasteiger partial charge in [0.25, 0.3) is 0 Å². The fraction of sp³-hybridized carbons (Fsp3) is 0.300. The van der Waals surface area contributed by atoms with E-state index in [1.54, 1.807) is 20.8 Å². The van der Waals surface area contributed by atoms with E-state index in [-0.39, 0.29) is 13.2 Å². The van der Waals surface area contributed by atoms with Crippen LogP contribution < -0.4 is 16.0 Å². The van der Waals surface area contributed by atoms with E-state index in [1.165, 1.54) is 7.11 Å². The number of hydrogen-bond donors (Lipinski definition) is 3. The Kier molecular flexibility index (Phi) is 9.62. The molecule has 8 nitrogen and oxygen atoms in total. The van der Waals surface area contributed by atoms with Crippen molar-refractivity contribution in [3.05, 3.63) is 108 Å². The molecule has 0 spiro atoms. The average molecular weight is 518 g/mol. The molecule has 3 aromatic carbocycles. The maximum atomic E-state index is 13.7. The van der Waals surface area contributed by atoms with E-state index in [0.29, 0.717) is 0 Å². The van der Waals surface area contributed by atoms with Gasteiger partial charge in [-0.3, -0.25) is 9.59 Å². The summed E-state index contributed by atoms with van der Waals surface area (Å²) in [4.78, 5) is 39.1. The van der Waals surface area contributed by atoms with Crippen molar-refractivity contribution in [1.29, 1.82) is 0 Å². The van der Waals surface area contributed by atoms with Crippen LogP contribution in [0.1, 0.15) is 43.9 Å². The van der Waals surface area contributed by atoms with Crippen molar-refractivity contribution in [3.8, 4) is 0 Å². The maximum absolute atomic E-state index is 13.7. The molecule has 0 bridgehead atoms. The number of rotatable bonds is 10. The Labute approximate surface area is 223 Å². The van der Waals surface area contributed by atoms with Crippen molar-refractivity contribution in [3.63, 3.8) is 0 Å².